The number of non-ortho nitro benzene ring substituents is 1. The molecule has 1 N–H and O–H groups in total. The number of aliphatic hydroxyl groups is 1. The zero-order chi connectivity index (χ0) is 17.1. The van der Waals surface area contributed by atoms with Crippen LogP contribution in [-0.2, 0) is 6.54 Å². The number of ether oxygens (including phenoxy) is 1. The van der Waals surface area contributed by atoms with Gasteiger partial charge in [-0.3, -0.25) is 15.0 Å². The quantitative estimate of drug-likeness (QED) is 0.663. The highest BCUT2D eigenvalue weighted by Crippen LogP contribution is 2.30. The van der Waals surface area contributed by atoms with E-state index in [1.54, 1.807) is 0 Å². The van der Waals surface area contributed by atoms with Crippen molar-refractivity contribution < 1.29 is 23.5 Å². The molecular formula is C15H20F2N2O4. The summed E-state index contributed by atoms with van der Waals surface area (Å²) in [5, 5.41) is 20.8. The number of likely N-dealkylation sites (tertiary alicyclic amines) is 1. The van der Waals surface area contributed by atoms with Crippen molar-refractivity contribution in [1.29, 1.82) is 0 Å². The maximum absolute atomic E-state index is 12.5. The van der Waals surface area contributed by atoms with Gasteiger partial charge in [0.05, 0.1) is 17.1 Å². The van der Waals surface area contributed by atoms with E-state index >= 15 is 0 Å². The first-order chi connectivity index (χ1) is 10.8. The number of benzene rings is 1. The number of nitro benzene ring substituents is 1. The Morgan fingerprint density at radius 2 is 2.00 bits per heavy atom. The Morgan fingerprint density at radius 1 is 1.39 bits per heavy atom. The monoisotopic (exact) mass is 330 g/mol. The maximum Gasteiger partial charge on any atom is 0.387 e. The van der Waals surface area contributed by atoms with Crippen molar-refractivity contribution in [1.82, 2.24) is 4.90 Å². The fraction of sp³-hybridized carbons (Fsp3) is 0.600. The van der Waals surface area contributed by atoms with Crippen molar-refractivity contribution in [2.24, 2.45) is 11.8 Å². The lowest BCUT2D eigenvalue weighted by atomic mass is 9.88. The Morgan fingerprint density at radius 3 is 2.52 bits per heavy atom. The molecule has 2 atom stereocenters. The summed E-state index contributed by atoms with van der Waals surface area (Å²) in [6.07, 6.45) is -0.389. The number of rotatable bonds is 5. The van der Waals surface area contributed by atoms with Crippen LogP contribution in [-0.4, -0.2) is 40.7 Å². The second-order valence-corrected chi connectivity index (χ2v) is 6.07. The fourth-order valence-corrected chi connectivity index (χ4v) is 3.03. The first-order valence-electron chi connectivity index (χ1n) is 7.40. The molecule has 128 valence electrons. The minimum absolute atomic E-state index is 0.0660. The summed E-state index contributed by atoms with van der Waals surface area (Å²) in [4.78, 5) is 12.2. The van der Waals surface area contributed by atoms with Crippen LogP contribution in [0.4, 0.5) is 14.5 Å². The topological polar surface area (TPSA) is 75.8 Å². The number of hydrogen-bond donors (Lipinski definition) is 1. The highest BCUT2D eigenvalue weighted by Gasteiger charge is 2.30. The zero-order valence-electron chi connectivity index (χ0n) is 13.0. The Balaban J connectivity index is 2.19. The van der Waals surface area contributed by atoms with Gasteiger partial charge in [0.25, 0.3) is 5.69 Å². The molecule has 0 aromatic heterocycles. The van der Waals surface area contributed by atoms with Gasteiger partial charge in [-0.15, -0.1) is 0 Å². The molecule has 1 heterocycles. The molecule has 0 aliphatic carbocycles. The summed E-state index contributed by atoms with van der Waals surface area (Å²) in [6.45, 7) is 2.39. The Labute approximate surface area is 132 Å². The molecule has 8 heteroatoms. The fourth-order valence-electron chi connectivity index (χ4n) is 3.03. The molecule has 0 spiro atoms. The lowest BCUT2D eigenvalue weighted by Crippen LogP contribution is -2.46. The van der Waals surface area contributed by atoms with Crippen LogP contribution in [0.15, 0.2) is 18.2 Å². The Kier molecular flexibility index (Phi) is 5.48. The van der Waals surface area contributed by atoms with Gasteiger partial charge in [-0.1, -0.05) is 13.8 Å². The van der Waals surface area contributed by atoms with E-state index in [2.05, 4.69) is 4.74 Å². The number of piperidine rings is 1. The van der Waals surface area contributed by atoms with E-state index in [1.165, 1.54) is 12.1 Å². The Bertz CT molecular complexity index is 558. The third-order valence-electron chi connectivity index (χ3n) is 4.13. The van der Waals surface area contributed by atoms with Crippen molar-refractivity contribution in [2.75, 3.05) is 13.1 Å². The molecule has 1 aromatic rings. The summed E-state index contributed by atoms with van der Waals surface area (Å²) < 4.78 is 29.5. The van der Waals surface area contributed by atoms with Crippen LogP contribution < -0.4 is 4.74 Å². The average Bonchev–Trinajstić information content (AvgIpc) is 2.45. The maximum atomic E-state index is 12.5. The van der Waals surface area contributed by atoms with Gasteiger partial charge in [-0.05, 0) is 17.9 Å². The van der Waals surface area contributed by atoms with Gasteiger partial charge in [0, 0.05) is 31.3 Å². The molecule has 0 amide bonds. The lowest BCUT2D eigenvalue weighted by molar-refractivity contribution is -0.385. The predicted octanol–water partition coefficient (Wildman–Crippen LogP) is 2.64. The standard InChI is InChI=1S/C15H20F2N2O4/c1-9-6-18(7-10(2)14(9)20)8-11-3-4-12(19(21)22)5-13(11)23-15(16)17/h3-5,9-10,14-15,20H,6-8H2,1-2H3. The number of aliphatic hydroxyl groups excluding tert-OH is 1. The molecule has 0 saturated carbocycles. The van der Waals surface area contributed by atoms with Gasteiger partial charge in [-0.2, -0.15) is 8.78 Å². The summed E-state index contributed by atoms with van der Waals surface area (Å²) in [7, 11) is 0. The van der Waals surface area contributed by atoms with Gasteiger partial charge in [0.1, 0.15) is 5.75 Å². The van der Waals surface area contributed by atoms with Gasteiger partial charge in [0.15, 0.2) is 0 Å². The molecule has 6 nitrogen and oxygen atoms in total. The van der Waals surface area contributed by atoms with E-state index in [9.17, 15) is 24.0 Å². The number of nitrogens with zero attached hydrogens (tertiary/aromatic N) is 2. The van der Waals surface area contributed by atoms with E-state index in [-0.39, 0.29) is 29.4 Å². The lowest BCUT2D eigenvalue weighted by Gasteiger charge is -2.39. The third kappa shape index (κ3) is 4.35. The van der Waals surface area contributed by atoms with Crippen molar-refractivity contribution in [3.8, 4) is 5.75 Å². The van der Waals surface area contributed by atoms with E-state index < -0.39 is 11.5 Å². The molecular weight excluding hydrogens is 310 g/mol. The number of alkyl halides is 2. The van der Waals surface area contributed by atoms with Crippen LogP contribution in [0.1, 0.15) is 19.4 Å². The Hall–Kier alpha value is -1.80. The van der Waals surface area contributed by atoms with Crippen molar-refractivity contribution in [3.63, 3.8) is 0 Å². The second-order valence-electron chi connectivity index (χ2n) is 6.07. The van der Waals surface area contributed by atoms with Crippen LogP contribution in [0.25, 0.3) is 0 Å². The van der Waals surface area contributed by atoms with Crippen LogP contribution in [0.5, 0.6) is 5.75 Å². The highest BCUT2D eigenvalue weighted by atomic mass is 19.3. The van der Waals surface area contributed by atoms with E-state index in [0.29, 0.717) is 25.2 Å². The SMILES string of the molecule is CC1CN(Cc2ccc([N+](=O)[O-])cc2OC(F)F)CC(C)C1O. The first-order valence-corrected chi connectivity index (χ1v) is 7.40. The second kappa shape index (κ2) is 7.18. The average molecular weight is 330 g/mol. The van der Waals surface area contributed by atoms with E-state index in [0.717, 1.165) is 6.07 Å². The van der Waals surface area contributed by atoms with Crippen molar-refractivity contribution in [2.45, 2.75) is 33.1 Å². The van der Waals surface area contributed by atoms with Gasteiger partial charge in [-0.25, -0.2) is 0 Å². The summed E-state index contributed by atoms with van der Waals surface area (Å²) in [6, 6.07) is 3.74. The summed E-state index contributed by atoms with van der Waals surface area (Å²) >= 11 is 0. The van der Waals surface area contributed by atoms with E-state index in [4.69, 9.17) is 0 Å². The predicted molar refractivity (Wildman–Crippen MR) is 79.3 cm³/mol. The molecule has 2 rings (SSSR count). The summed E-state index contributed by atoms with van der Waals surface area (Å²) in [5.41, 5.74) is 0.173. The van der Waals surface area contributed by atoms with Gasteiger partial charge in [0.2, 0.25) is 0 Å². The molecule has 1 aliphatic heterocycles. The zero-order valence-corrected chi connectivity index (χ0v) is 13.0. The van der Waals surface area contributed by atoms with Crippen LogP contribution in [0.2, 0.25) is 0 Å². The van der Waals surface area contributed by atoms with Gasteiger partial charge < -0.3 is 9.84 Å². The number of halogens is 2. The smallest absolute Gasteiger partial charge is 0.387 e. The first kappa shape index (κ1) is 17.6. The molecule has 1 saturated heterocycles. The van der Waals surface area contributed by atoms with Gasteiger partial charge >= 0.3 is 6.61 Å². The molecule has 1 aliphatic rings. The molecule has 23 heavy (non-hydrogen) atoms. The number of hydrogen-bond acceptors (Lipinski definition) is 5. The normalized spacial score (nSPS) is 25.6. The van der Waals surface area contributed by atoms with Crippen molar-refractivity contribution in [3.05, 3.63) is 33.9 Å². The molecule has 1 fully saturated rings. The van der Waals surface area contributed by atoms with E-state index in [1.807, 2.05) is 18.7 Å². The minimum Gasteiger partial charge on any atom is -0.434 e. The highest BCUT2D eigenvalue weighted by molar-refractivity contribution is 5.44. The van der Waals surface area contributed by atoms with Crippen LogP contribution in [0.3, 0.4) is 0 Å². The number of nitro groups is 1. The molecule has 1 aromatic carbocycles. The van der Waals surface area contributed by atoms with Crippen LogP contribution in [0, 0.1) is 22.0 Å². The molecule has 0 radical (unpaired) electrons. The van der Waals surface area contributed by atoms with Crippen molar-refractivity contribution >= 4 is 5.69 Å². The third-order valence-corrected chi connectivity index (χ3v) is 4.13. The van der Waals surface area contributed by atoms with Crippen LogP contribution >= 0.6 is 0 Å². The molecule has 0 bridgehead atoms. The minimum atomic E-state index is -3.04. The largest absolute Gasteiger partial charge is 0.434 e. The summed E-state index contributed by atoms with van der Waals surface area (Å²) in [5.74, 6) is -0.0480. The molecule has 2 unspecified atom stereocenters.